The Balaban J connectivity index is 1.47. The fourth-order valence-corrected chi connectivity index (χ4v) is 4.47. The van der Waals surface area contributed by atoms with Gasteiger partial charge in [0, 0.05) is 5.39 Å². The smallest absolute Gasteiger partial charge is 0.230 e. The van der Waals surface area contributed by atoms with E-state index in [0.29, 0.717) is 0 Å². The van der Waals surface area contributed by atoms with E-state index < -0.39 is 0 Å². The molecule has 2 aromatic heterocycles. The predicted molar refractivity (Wildman–Crippen MR) is 122 cm³/mol. The van der Waals surface area contributed by atoms with Crippen LogP contribution in [0.1, 0.15) is 18.5 Å². The van der Waals surface area contributed by atoms with Gasteiger partial charge in [0.15, 0.2) is 5.16 Å². The molecule has 2 heterocycles. The van der Waals surface area contributed by atoms with Gasteiger partial charge in [0.25, 0.3) is 0 Å². The maximum Gasteiger partial charge on any atom is 0.230 e. The molecule has 5 aromatic rings. The van der Waals surface area contributed by atoms with E-state index in [0.717, 1.165) is 38.3 Å². The molecule has 6 heteroatoms. The van der Waals surface area contributed by atoms with E-state index in [1.54, 1.807) is 0 Å². The highest BCUT2D eigenvalue weighted by Gasteiger charge is 2.16. The van der Waals surface area contributed by atoms with Crippen molar-refractivity contribution >= 4 is 45.3 Å². The van der Waals surface area contributed by atoms with Crippen LogP contribution < -0.4 is 5.32 Å². The average molecular weight is 413 g/mol. The second-order valence-electron chi connectivity index (χ2n) is 7.16. The number of nitrogens with zero attached hydrogens (tertiary/aromatic N) is 3. The third-order valence-corrected chi connectivity index (χ3v) is 6.06. The lowest BCUT2D eigenvalue weighted by Crippen LogP contribution is -2.28. The first-order chi connectivity index (χ1) is 14.7. The number of rotatable bonds is 5. The Labute approximate surface area is 178 Å². The summed E-state index contributed by atoms with van der Waals surface area (Å²) in [5.41, 5.74) is 4.73. The molecule has 1 unspecified atom stereocenters. The molecule has 1 N–H and O–H groups in total. The zero-order valence-corrected chi connectivity index (χ0v) is 17.3. The summed E-state index contributed by atoms with van der Waals surface area (Å²) in [6.07, 6.45) is 0. The first-order valence-corrected chi connectivity index (χ1v) is 10.8. The number of aromatic nitrogens is 3. The number of carbonyl (C=O) groups is 1. The number of hydrogen-bond donors (Lipinski definition) is 1. The summed E-state index contributed by atoms with van der Waals surface area (Å²) in [5.74, 6) is 0.258. The van der Waals surface area contributed by atoms with E-state index in [1.165, 1.54) is 11.8 Å². The normalized spacial score (nSPS) is 12.4. The number of nitrogens with one attached hydrogen (secondary N) is 1. The Morgan fingerprint density at radius 3 is 2.47 bits per heavy atom. The fraction of sp³-hybridized carbons (Fsp3) is 0.125. The third kappa shape index (κ3) is 3.39. The monoisotopic (exact) mass is 412 g/mol. The van der Waals surface area contributed by atoms with Crippen LogP contribution in [0.3, 0.4) is 0 Å². The molecule has 0 aliphatic carbocycles. The van der Waals surface area contributed by atoms with Crippen LogP contribution in [0, 0.1) is 0 Å². The summed E-state index contributed by atoms with van der Waals surface area (Å²) in [6, 6.07) is 25.9. The van der Waals surface area contributed by atoms with E-state index in [1.807, 2.05) is 85.8 Å². The summed E-state index contributed by atoms with van der Waals surface area (Å²) < 4.78 is 2.05. The summed E-state index contributed by atoms with van der Waals surface area (Å²) in [6.45, 7) is 1.99. The Hall–Kier alpha value is -3.38. The third-order valence-electron chi connectivity index (χ3n) is 5.12. The minimum absolute atomic E-state index is 0.0242. The van der Waals surface area contributed by atoms with Gasteiger partial charge in [0.2, 0.25) is 5.91 Å². The van der Waals surface area contributed by atoms with Crippen molar-refractivity contribution in [3.8, 4) is 0 Å². The fourth-order valence-electron chi connectivity index (χ4n) is 3.65. The standard InChI is InChI=1S/C24H20N4OS/c1-16(17-9-3-2-4-10-17)25-22(29)15-30-24-27-19-12-6-5-11-18(19)23-26-20-13-7-8-14-21(20)28(23)24/h2-14,16H,15H2,1H3,(H,25,29). The number of hydrogen-bond acceptors (Lipinski definition) is 4. The molecular formula is C24H20N4OS. The van der Waals surface area contributed by atoms with Crippen LogP contribution in [0.25, 0.3) is 27.6 Å². The van der Waals surface area contributed by atoms with Crippen molar-refractivity contribution < 1.29 is 4.79 Å². The number of thioether (sulfide) groups is 1. The quantitative estimate of drug-likeness (QED) is 0.326. The molecule has 30 heavy (non-hydrogen) atoms. The van der Waals surface area contributed by atoms with Gasteiger partial charge in [0.05, 0.1) is 28.3 Å². The highest BCUT2D eigenvalue weighted by Crippen LogP contribution is 2.28. The molecule has 0 spiro atoms. The lowest BCUT2D eigenvalue weighted by Gasteiger charge is -2.14. The van der Waals surface area contributed by atoms with Gasteiger partial charge in [-0.05, 0) is 36.8 Å². The van der Waals surface area contributed by atoms with E-state index in [4.69, 9.17) is 9.97 Å². The largest absolute Gasteiger partial charge is 0.349 e. The summed E-state index contributed by atoms with van der Waals surface area (Å²) >= 11 is 1.43. The van der Waals surface area contributed by atoms with Gasteiger partial charge in [-0.2, -0.15) is 0 Å². The van der Waals surface area contributed by atoms with Gasteiger partial charge in [0.1, 0.15) is 5.65 Å². The van der Waals surface area contributed by atoms with Crippen molar-refractivity contribution in [2.24, 2.45) is 0 Å². The summed E-state index contributed by atoms with van der Waals surface area (Å²) in [7, 11) is 0. The number of fused-ring (bicyclic) bond motifs is 5. The lowest BCUT2D eigenvalue weighted by atomic mass is 10.1. The molecule has 0 aliphatic rings. The first kappa shape index (κ1) is 18.6. The Morgan fingerprint density at radius 1 is 0.933 bits per heavy atom. The molecule has 148 valence electrons. The van der Waals surface area contributed by atoms with Crippen LogP contribution in [-0.4, -0.2) is 26.0 Å². The molecule has 1 amide bonds. The van der Waals surface area contributed by atoms with E-state index in [-0.39, 0.29) is 17.7 Å². The van der Waals surface area contributed by atoms with Crippen LogP contribution in [0.2, 0.25) is 0 Å². The van der Waals surface area contributed by atoms with Crippen LogP contribution in [-0.2, 0) is 4.79 Å². The SMILES string of the molecule is CC(NC(=O)CSc1nc2ccccc2c2nc3ccccc3n12)c1ccccc1. The van der Waals surface area contributed by atoms with Gasteiger partial charge < -0.3 is 5.32 Å². The molecule has 0 bridgehead atoms. The topological polar surface area (TPSA) is 59.3 Å². The molecule has 3 aromatic carbocycles. The highest BCUT2D eigenvalue weighted by atomic mass is 32.2. The Bertz CT molecular complexity index is 1360. The molecule has 5 rings (SSSR count). The maximum absolute atomic E-state index is 12.6. The molecule has 0 saturated heterocycles. The molecular weight excluding hydrogens is 392 g/mol. The van der Waals surface area contributed by atoms with Crippen LogP contribution in [0.15, 0.2) is 84.0 Å². The zero-order chi connectivity index (χ0) is 20.5. The van der Waals surface area contributed by atoms with Gasteiger partial charge >= 0.3 is 0 Å². The number of amides is 1. The maximum atomic E-state index is 12.6. The number of benzene rings is 3. The lowest BCUT2D eigenvalue weighted by molar-refractivity contribution is -0.119. The van der Waals surface area contributed by atoms with Crippen molar-refractivity contribution in [1.82, 2.24) is 19.7 Å². The number of carbonyl (C=O) groups excluding carboxylic acids is 1. The zero-order valence-electron chi connectivity index (χ0n) is 16.4. The van der Waals surface area contributed by atoms with Crippen molar-refractivity contribution in [3.63, 3.8) is 0 Å². The molecule has 0 saturated carbocycles. The van der Waals surface area contributed by atoms with E-state index in [9.17, 15) is 4.79 Å². The van der Waals surface area contributed by atoms with Gasteiger partial charge in [-0.1, -0.05) is 66.4 Å². The number of imidazole rings is 1. The number of para-hydroxylation sites is 3. The van der Waals surface area contributed by atoms with E-state index in [2.05, 4.69) is 9.72 Å². The van der Waals surface area contributed by atoms with Gasteiger partial charge in [-0.3, -0.25) is 9.20 Å². The summed E-state index contributed by atoms with van der Waals surface area (Å²) in [4.78, 5) is 22.3. The minimum Gasteiger partial charge on any atom is -0.349 e. The van der Waals surface area contributed by atoms with Crippen molar-refractivity contribution in [1.29, 1.82) is 0 Å². The van der Waals surface area contributed by atoms with Crippen LogP contribution in [0.5, 0.6) is 0 Å². The molecule has 0 fully saturated rings. The minimum atomic E-state index is -0.0436. The van der Waals surface area contributed by atoms with Gasteiger partial charge in [-0.25, -0.2) is 9.97 Å². The molecule has 1 atom stereocenters. The van der Waals surface area contributed by atoms with Crippen molar-refractivity contribution in [3.05, 3.63) is 84.4 Å². The van der Waals surface area contributed by atoms with Crippen molar-refractivity contribution in [2.45, 2.75) is 18.1 Å². The predicted octanol–water partition coefficient (Wildman–Crippen LogP) is 5.01. The average Bonchev–Trinajstić information content (AvgIpc) is 3.18. The van der Waals surface area contributed by atoms with Crippen LogP contribution in [0.4, 0.5) is 0 Å². The first-order valence-electron chi connectivity index (χ1n) is 9.84. The summed E-state index contributed by atoms with van der Waals surface area (Å²) in [5, 5.41) is 4.83. The Morgan fingerprint density at radius 2 is 1.63 bits per heavy atom. The Kier molecular flexibility index (Phi) is 4.85. The molecule has 0 aliphatic heterocycles. The van der Waals surface area contributed by atoms with Gasteiger partial charge in [-0.15, -0.1) is 0 Å². The highest BCUT2D eigenvalue weighted by molar-refractivity contribution is 7.99. The molecule has 0 radical (unpaired) electrons. The van der Waals surface area contributed by atoms with Crippen molar-refractivity contribution in [2.75, 3.05) is 5.75 Å². The van der Waals surface area contributed by atoms with E-state index >= 15 is 0 Å². The second kappa shape index (κ2) is 7.80. The second-order valence-corrected chi connectivity index (χ2v) is 8.10. The molecule has 5 nitrogen and oxygen atoms in total. The van der Waals surface area contributed by atoms with Crippen LogP contribution >= 0.6 is 11.8 Å².